The molecule has 2 aliphatic heterocycles. The van der Waals surface area contributed by atoms with Crippen LogP contribution in [0.5, 0.6) is 0 Å². The normalized spacial score (nSPS) is 22.7. The SMILES string of the molecule is CC1CCN(CC2CCCN(c3ccc([N+](=O)[O-])cc3S(C)(=O)=O)C2)CC1. The Balaban J connectivity index is 1.76. The molecular weight excluding hydrogens is 366 g/mol. The molecule has 2 fully saturated rings. The van der Waals surface area contributed by atoms with Crippen LogP contribution in [0, 0.1) is 22.0 Å². The van der Waals surface area contributed by atoms with E-state index in [4.69, 9.17) is 0 Å². The van der Waals surface area contributed by atoms with Gasteiger partial charge in [-0.25, -0.2) is 8.42 Å². The molecule has 150 valence electrons. The zero-order chi connectivity index (χ0) is 19.6. The van der Waals surface area contributed by atoms with Gasteiger partial charge in [0.25, 0.3) is 5.69 Å². The minimum absolute atomic E-state index is 0.0594. The van der Waals surface area contributed by atoms with Crippen molar-refractivity contribution in [3.05, 3.63) is 28.3 Å². The molecule has 0 amide bonds. The Kier molecular flexibility index (Phi) is 6.05. The summed E-state index contributed by atoms with van der Waals surface area (Å²) >= 11 is 0. The lowest BCUT2D eigenvalue weighted by molar-refractivity contribution is -0.385. The molecule has 3 rings (SSSR count). The smallest absolute Gasteiger partial charge is 0.270 e. The molecule has 1 aromatic rings. The highest BCUT2D eigenvalue weighted by Gasteiger charge is 2.28. The molecule has 8 heteroatoms. The number of piperidine rings is 2. The number of rotatable bonds is 5. The fourth-order valence-electron chi connectivity index (χ4n) is 4.22. The van der Waals surface area contributed by atoms with Gasteiger partial charge in [-0.2, -0.15) is 0 Å². The fourth-order valence-corrected chi connectivity index (χ4v) is 5.13. The van der Waals surface area contributed by atoms with Crippen molar-refractivity contribution in [2.24, 2.45) is 11.8 Å². The highest BCUT2D eigenvalue weighted by molar-refractivity contribution is 7.90. The zero-order valence-corrected chi connectivity index (χ0v) is 17.0. The largest absolute Gasteiger partial charge is 0.370 e. The number of nitro benzene ring substituents is 1. The van der Waals surface area contributed by atoms with E-state index in [1.54, 1.807) is 6.07 Å². The van der Waals surface area contributed by atoms with Crippen molar-refractivity contribution in [3.8, 4) is 0 Å². The Morgan fingerprint density at radius 1 is 1.19 bits per heavy atom. The van der Waals surface area contributed by atoms with Crippen LogP contribution in [0.15, 0.2) is 23.1 Å². The van der Waals surface area contributed by atoms with E-state index in [0.717, 1.165) is 57.7 Å². The third kappa shape index (κ3) is 4.99. The van der Waals surface area contributed by atoms with Gasteiger partial charge in [0, 0.05) is 38.0 Å². The van der Waals surface area contributed by atoms with Crippen molar-refractivity contribution in [1.82, 2.24) is 4.90 Å². The van der Waals surface area contributed by atoms with Crippen LogP contribution >= 0.6 is 0 Å². The summed E-state index contributed by atoms with van der Waals surface area (Å²) in [6.45, 7) is 7.22. The van der Waals surface area contributed by atoms with Crippen LogP contribution in [0.25, 0.3) is 0 Å². The van der Waals surface area contributed by atoms with Gasteiger partial charge < -0.3 is 9.80 Å². The third-order valence-corrected chi connectivity index (χ3v) is 6.93. The van der Waals surface area contributed by atoms with Crippen LogP contribution in [0.2, 0.25) is 0 Å². The lowest BCUT2D eigenvalue weighted by Crippen LogP contribution is -2.43. The van der Waals surface area contributed by atoms with E-state index in [1.165, 1.54) is 25.0 Å². The molecule has 1 aromatic carbocycles. The molecule has 0 radical (unpaired) electrons. The monoisotopic (exact) mass is 395 g/mol. The van der Waals surface area contributed by atoms with Crippen LogP contribution in [0.3, 0.4) is 0 Å². The molecule has 2 saturated heterocycles. The zero-order valence-electron chi connectivity index (χ0n) is 16.1. The molecule has 2 aliphatic rings. The lowest BCUT2D eigenvalue weighted by Gasteiger charge is -2.39. The quantitative estimate of drug-likeness (QED) is 0.563. The highest BCUT2D eigenvalue weighted by atomic mass is 32.2. The Morgan fingerprint density at radius 2 is 1.89 bits per heavy atom. The van der Waals surface area contributed by atoms with Crippen molar-refractivity contribution in [2.45, 2.75) is 37.5 Å². The standard InChI is InChI=1S/C19H29N3O4S/c1-15-7-10-20(11-8-15)13-16-4-3-9-21(14-16)18-6-5-17(22(23)24)12-19(18)27(2,25)26/h5-6,12,15-16H,3-4,7-11,13-14H2,1-2H3. The Bertz CT molecular complexity index is 788. The Hall–Kier alpha value is -1.67. The fraction of sp³-hybridized carbons (Fsp3) is 0.684. The first-order valence-electron chi connectivity index (χ1n) is 9.70. The number of hydrogen-bond acceptors (Lipinski definition) is 6. The van der Waals surface area contributed by atoms with E-state index in [-0.39, 0.29) is 10.6 Å². The van der Waals surface area contributed by atoms with Crippen LogP contribution in [0.4, 0.5) is 11.4 Å². The van der Waals surface area contributed by atoms with E-state index < -0.39 is 14.8 Å². The highest BCUT2D eigenvalue weighted by Crippen LogP contribution is 2.32. The molecule has 1 atom stereocenters. The summed E-state index contributed by atoms with van der Waals surface area (Å²) in [6.07, 6.45) is 5.76. The molecule has 7 nitrogen and oxygen atoms in total. The lowest BCUT2D eigenvalue weighted by atomic mass is 9.94. The molecule has 0 spiro atoms. The topological polar surface area (TPSA) is 83.8 Å². The minimum atomic E-state index is -3.55. The van der Waals surface area contributed by atoms with Gasteiger partial charge in [0.05, 0.1) is 15.5 Å². The molecular formula is C19H29N3O4S. The van der Waals surface area contributed by atoms with Crippen molar-refractivity contribution in [1.29, 1.82) is 0 Å². The van der Waals surface area contributed by atoms with Gasteiger partial charge in [0.2, 0.25) is 0 Å². The van der Waals surface area contributed by atoms with Gasteiger partial charge in [-0.3, -0.25) is 10.1 Å². The second kappa shape index (κ2) is 8.14. The Morgan fingerprint density at radius 3 is 2.52 bits per heavy atom. The third-order valence-electron chi connectivity index (χ3n) is 5.81. The number of sulfone groups is 1. The summed E-state index contributed by atoms with van der Waals surface area (Å²) in [7, 11) is -3.55. The summed E-state index contributed by atoms with van der Waals surface area (Å²) in [5, 5.41) is 11.1. The minimum Gasteiger partial charge on any atom is -0.370 e. The Labute approximate surface area is 161 Å². The molecule has 0 N–H and O–H groups in total. The molecule has 1 unspecified atom stereocenters. The maximum absolute atomic E-state index is 12.2. The first-order valence-corrected chi connectivity index (χ1v) is 11.6. The van der Waals surface area contributed by atoms with E-state index >= 15 is 0 Å². The van der Waals surface area contributed by atoms with Crippen LogP contribution in [-0.4, -0.2) is 57.2 Å². The molecule has 0 aliphatic carbocycles. The summed E-state index contributed by atoms with van der Waals surface area (Å²) in [5.41, 5.74) is 0.412. The average Bonchev–Trinajstić information content (AvgIpc) is 2.62. The first kappa shape index (κ1) is 20.1. The number of nitro groups is 1. The first-order chi connectivity index (χ1) is 12.7. The van der Waals surface area contributed by atoms with E-state index in [2.05, 4.69) is 16.7 Å². The van der Waals surface area contributed by atoms with Crippen molar-refractivity contribution in [3.63, 3.8) is 0 Å². The number of anilines is 1. The molecule has 2 heterocycles. The molecule has 0 bridgehead atoms. The van der Waals surface area contributed by atoms with Gasteiger partial charge in [-0.05, 0) is 56.7 Å². The second-order valence-electron chi connectivity index (χ2n) is 8.12. The van der Waals surface area contributed by atoms with E-state index in [0.29, 0.717) is 11.6 Å². The number of likely N-dealkylation sites (tertiary alicyclic amines) is 1. The van der Waals surface area contributed by atoms with Gasteiger partial charge in [-0.15, -0.1) is 0 Å². The second-order valence-corrected chi connectivity index (χ2v) is 10.1. The summed E-state index contributed by atoms with van der Waals surface area (Å²) in [4.78, 5) is 15.2. The summed E-state index contributed by atoms with van der Waals surface area (Å²) < 4.78 is 24.5. The maximum Gasteiger partial charge on any atom is 0.270 e. The predicted octanol–water partition coefficient (Wildman–Crippen LogP) is 2.95. The van der Waals surface area contributed by atoms with Crippen LogP contribution in [-0.2, 0) is 9.84 Å². The van der Waals surface area contributed by atoms with Crippen molar-refractivity contribution >= 4 is 21.2 Å². The molecule has 27 heavy (non-hydrogen) atoms. The van der Waals surface area contributed by atoms with Crippen molar-refractivity contribution < 1.29 is 13.3 Å². The predicted molar refractivity (Wildman–Crippen MR) is 106 cm³/mol. The number of nitrogens with zero attached hydrogens (tertiary/aromatic N) is 3. The van der Waals surface area contributed by atoms with Gasteiger partial charge in [0.1, 0.15) is 0 Å². The van der Waals surface area contributed by atoms with Crippen LogP contribution in [0.1, 0.15) is 32.6 Å². The van der Waals surface area contributed by atoms with Gasteiger partial charge in [0.15, 0.2) is 9.84 Å². The number of hydrogen-bond donors (Lipinski definition) is 0. The van der Waals surface area contributed by atoms with Crippen LogP contribution < -0.4 is 4.90 Å². The number of non-ortho nitro benzene ring substituents is 1. The van der Waals surface area contributed by atoms with Gasteiger partial charge >= 0.3 is 0 Å². The van der Waals surface area contributed by atoms with E-state index in [1.807, 2.05) is 0 Å². The molecule has 0 aromatic heterocycles. The van der Waals surface area contributed by atoms with E-state index in [9.17, 15) is 18.5 Å². The maximum atomic E-state index is 12.2. The van der Waals surface area contributed by atoms with Gasteiger partial charge in [-0.1, -0.05) is 6.92 Å². The summed E-state index contributed by atoms with van der Waals surface area (Å²) in [5.74, 6) is 1.30. The molecule has 0 saturated carbocycles. The summed E-state index contributed by atoms with van der Waals surface area (Å²) in [6, 6.07) is 4.19. The average molecular weight is 396 g/mol. The number of benzene rings is 1. The van der Waals surface area contributed by atoms with Crippen molar-refractivity contribution in [2.75, 3.05) is 43.9 Å².